The summed E-state index contributed by atoms with van der Waals surface area (Å²) in [5.74, 6) is 0.429. The molecule has 150 valence electrons. The second kappa shape index (κ2) is 11.0. The first-order valence-corrected chi connectivity index (χ1v) is 9.35. The van der Waals surface area contributed by atoms with Crippen molar-refractivity contribution in [3.63, 3.8) is 0 Å². The Morgan fingerprint density at radius 1 is 0.964 bits per heavy atom. The van der Waals surface area contributed by atoms with Gasteiger partial charge in [0.05, 0.1) is 6.42 Å². The van der Waals surface area contributed by atoms with Gasteiger partial charge in [-0.05, 0) is 49.1 Å². The van der Waals surface area contributed by atoms with Crippen molar-refractivity contribution < 1.29 is 24.2 Å². The van der Waals surface area contributed by atoms with E-state index >= 15 is 0 Å². The topological polar surface area (TPSA) is 84.9 Å². The molecule has 0 fully saturated rings. The minimum Gasteiger partial charge on any atom is -0.490 e. The van der Waals surface area contributed by atoms with Crippen molar-refractivity contribution in [1.82, 2.24) is 5.32 Å². The molecule has 6 heteroatoms. The van der Waals surface area contributed by atoms with Crippen LogP contribution in [0, 0.1) is 13.8 Å². The van der Waals surface area contributed by atoms with Gasteiger partial charge in [0.2, 0.25) is 5.91 Å². The van der Waals surface area contributed by atoms with Crippen molar-refractivity contribution in [3.8, 4) is 11.5 Å². The third-order valence-electron chi connectivity index (χ3n) is 4.21. The summed E-state index contributed by atoms with van der Waals surface area (Å²) in [5.41, 5.74) is 3.24. The molecule has 0 heterocycles. The molecule has 28 heavy (non-hydrogen) atoms. The Balaban J connectivity index is 1.72. The molecule has 6 nitrogen and oxygen atoms in total. The summed E-state index contributed by atoms with van der Waals surface area (Å²) in [6.07, 6.45) is 0.493. The van der Waals surface area contributed by atoms with Gasteiger partial charge in [0, 0.05) is 13.0 Å². The minimum atomic E-state index is -0.971. The van der Waals surface area contributed by atoms with E-state index in [0.717, 1.165) is 28.2 Å². The van der Waals surface area contributed by atoms with E-state index < -0.39 is 5.97 Å². The van der Waals surface area contributed by atoms with Crippen LogP contribution in [0.5, 0.6) is 11.5 Å². The Morgan fingerprint density at radius 3 is 2.36 bits per heavy atom. The van der Waals surface area contributed by atoms with E-state index in [-0.39, 0.29) is 18.7 Å². The molecule has 2 N–H and O–H groups in total. The van der Waals surface area contributed by atoms with E-state index in [4.69, 9.17) is 14.6 Å². The van der Waals surface area contributed by atoms with E-state index in [1.165, 1.54) is 0 Å². The predicted octanol–water partition coefficient (Wildman–Crippen LogP) is 3.28. The number of carboxylic acids is 1. The van der Waals surface area contributed by atoms with Gasteiger partial charge in [-0.25, -0.2) is 0 Å². The van der Waals surface area contributed by atoms with Gasteiger partial charge >= 0.3 is 5.97 Å². The van der Waals surface area contributed by atoms with Crippen LogP contribution in [-0.4, -0.2) is 36.7 Å². The number of carbonyl (C=O) groups excluding carboxylic acids is 1. The fourth-order valence-electron chi connectivity index (χ4n) is 2.78. The molecule has 0 aliphatic rings. The first kappa shape index (κ1) is 21.3. The summed E-state index contributed by atoms with van der Waals surface area (Å²) in [7, 11) is 0. The SMILES string of the molecule is Cc1cccc(C)c1OCCOc1cccc(CCNC(=O)CCC(=O)O)c1. The number of rotatable bonds is 11. The molecule has 0 saturated carbocycles. The molecule has 1 amide bonds. The lowest BCUT2D eigenvalue weighted by molar-refractivity contribution is -0.138. The number of amides is 1. The summed E-state index contributed by atoms with van der Waals surface area (Å²) >= 11 is 0. The zero-order valence-corrected chi connectivity index (χ0v) is 16.4. The number of carbonyl (C=O) groups is 2. The Morgan fingerprint density at radius 2 is 1.64 bits per heavy atom. The number of hydrogen-bond donors (Lipinski definition) is 2. The molecule has 2 aromatic carbocycles. The lowest BCUT2D eigenvalue weighted by Crippen LogP contribution is -2.26. The highest BCUT2D eigenvalue weighted by molar-refractivity contribution is 5.80. The van der Waals surface area contributed by atoms with Gasteiger partial charge in [-0.1, -0.05) is 30.3 Å². The lowest BCUT2D eigenvalue weighted by atomic mass is 10.1. The van der Waals surface area contributed by atoms with Crippen molar-refractivity contribution in [2.24, 2.45) is 0 Å². The van der Waals surface area contributed by atoms with Crippen LogP contribution < -0.4 is 14.8 Å². The summed E-state index contributed by atoms with van der Waals surface area (Å²) in [4.78, 5) is 22.0. The molecule has 0 radical (unpaired) electrons. The van der Waals surface area contributed by atoms with E-state index in [1.54, 1.807) is 0 Å². The van der Waals surface area contributed by atoms with E-state index in [9.17, 15) is 9.59 Å². The van der Waals surface area contributed by atoms with Crippen LogP contribution in [0.4, 0.5) is 0 Å². The van der Waals surface area contributed by atoms with Crippen LogP contribution in [0.3, 0.4) is 0 Å². The number of benzene rings is 2. The first-order chi connectivity index (χ1) is 13.5. The summed E-state index contributed by atoms with van der Waals surface area (Å²) in [5, 5.41) is 11.3. The molecule has 0 aromatic heterocycles. The van der Waals surface area contributed by atoms with Gasteiger partial charge in [0.25, 0.3) is 0 Å². The maximum absolute atomic E-state index is 11.5. The van der Waals surface area contributed by atoms with Gasteiger partial charge in [-0.3, -0.25) is 9.59 Å². The van der Waals surface area contributed by atoms with Crippen LogP contribution >= 0.6 is 0 Å². The summed E-state index contributed by atoms with van der Waals surface area (Å²) < 4.78 is 11.6. The molecule has 0 unspecified atom stereocenters. The van der Waals surface area contributed by atoms with E-state index in [0.29, 0.717) is 26.2 Å². The van der Waals surface area contributed by atoms with E-state index in [1.807, 2.05) is 56.3 Å². The minimum absolute atomic E-state index is 0.00114. The molecular weight excluding hydrogens is 358 g/mol. The molecular formula is C22H27NO5. The molecule has 0 atom stereocenters. The molecule has 0 spiro atoms. The maximum Gasteiger partial charge on any atom is 0.303 e. The smallest absolute Gasteiger partial charge is 0.303 e. The number of carboxylic acid groups (broad SMARTS) is 1. The molecule has 0 aliphatic heterocycles. The summed E-state index contributed by atoms with van der Waals surface area (Å²) in [6, 6.07) is 13.7. The standard InChI is InChI=1S/C22H27NO5/c1-16-5-3-6-17(2)22(16)28-14-13-27-19-8-4-7-18(15-19)11-12-23-20(24)9-10-21(25)26/h3-8,15H,9-14H2,1-2H3,(H,23,24)(H,25,26). The maximum atomic E-state index is 11.5. The lowest BCUT2D eigenvalue weighted by Gasteiger charge is -2.13. The average Bonchev–Trinajstić information content (AvgIpc) is 2.66. The largest absolute Gasteiger partial charge is 0.490 e. The number of para-hydroxylation sites is 1. The highest BCUT2D eigenvalue weighted by Gasteiger charge is 2.06. The first-order valence-electron chi connectivity index (χ1n) is 9.35. The van der Waals surface area contributed by atoms with Gasteiger partial charge in [0.1, 0.15) is 24.7 Å². The van der Waals surface area contributed by atoms with Crippen molar-refractivity contribution in [2.75, 3.05) is 19.8 Å². The van der Waals surface area contributed by atoms with Crippen LogP contribution in [0.25, 0.3) is 0 Å². The molecule has 0 bridgehead atoms. The average molecular weight is 385 g/mol. The van der Waals surface area contributed by atoms with E-state index in [2.05, 4.69) is 5.32 Å². The van der Waals surface area contributed by atoms with Crippen molar-refractivity contribution in [2.45, 2.75) is 33.1 Å². The Labute approximate surface area is 165 Å². The predicted molar refractivity (Wildman–Crippen MR) is 107 cm³/mol. The monoisotopic (exact) mass is 385 g/mol. The molecule has 0 saturated heterocycles. The number of aryl methyl sites for hydroxylation is 2. The van der Waals surface area contributed by atoms with Crippen LogP contribution in [0.1, 0.15) is 29.5 Å². The van der Waals surface area contributed by atoms with Gasteiger partial charge < -0.3 is 19.9 Å². The third-order valence-corrected chi connectivity index (χ3v) is 4.21. The number of ether oxygens (including phenoxy) is 2. The van der Waals surface area contributed by atoms with Crippen molar-refractivity contribution in [3.05, 3.63) is 59.2 Å². The van der Waals surface area contributed by atoms with Gasteiger partial charge in [-0.15, -0.1) is 0 Å². The fourth-order valence-corrected chi connectivity index (χ4v) is 2.78. The zero-order chi connectivity index (χ0) is 20.4. The number of aliphatic carboxylic acids is 1. The highest BCUT2D eigenvalue weighted by Crippen LogP contribution is 2.22. The second-order valence-corrected chi connectivity index (χ2v) is 6.56. The Hall–Kier alpha value is -3.02. The fraction of sp³-hybridized carbons (Fsp3) is 0.364. The molecule has 2 rings (SSSR count). The molecule has 2 aromatic rings. The van der Waals surface area contributed by atoms with Crippen LogP contribution in [0.15, 0.2) is 42.5 Å². The molecule has 0 aliphatic carbocycles. The second-order valence-electron chi connectivity index (χ2n) is 6.56. The number of hydrogen-bond acceptors (Lipinski definition) is 4. The third kappa shape index (κ3) is 7.31. The Bertz CT molecular complexity index is 783. The normalized spacial score (nSPS) is 10.4. The highest BCUT2D eigenvalue weighted by atomic mass is 16.5. The van der Waals surface area contributed by atoms with Crippen molar-refractivity contribution in [1.29, 1.82) is 0 Å². The quantitative estimate of drug-likeness (QED) is 0.580. The van der Waals surface area contributed by atoms with Crippen LogP contribution in [0.2, 0.25) is 0 Å². The number of nitrogens with one attached hydrogen (secondary N) is 1. The van der Waals surface area contributed by atoms with Crippen LogP contribution in [-0.2, 0) is 16.0 Å². The zero-order valence-electron chi connectivity index (χ0n) is 16.4. The van der Waals surface area contributed by atoms with Crippen molar-refractivity contribution >= 4 is 11.9 Å². The van der Waals surface area contributed by atoms with Gasteiger partial charge in [0.15, 0.2) is 0 Å². The van der Waals surface area contributed by atoms with Gasteiger partial charge in [-0.2, -0.15) is 0 Å². The summed E-state index contributed by atoms with van der Waals surface area (Å²) in [6.45, 7) is 5.39. The Kier molecular flexibility index (Phi) is 8.34.